The quantitative estimate of drug-likeness (QED) is 0.547. The summed E-state index contributed by atoms with van der Waals surface area (Å²) in [6.07, 6.45) is 0.336. The van der Waals surface area contributed by atoms with Crippen LogP contribution < -0.4 is 5.73 Å². The van der Waals surface area contributed by atoms with Gasteiger partial charge in [-0.2, -0.15) is 0 Å². The topological polar surface area (TPSA) is 60.2 Å². The molecule has 11 heavy (non-hydrogen) atoms. The van der Waals surface area contributed by atoms with Crippen LogP contribution in [-0.4, -0.2) is 18.1 Å². The normalized spacial score (nSPS) is 29.5. The van der Waals surface area contributed by atoms with E-state index in [1.807, 2.05) is 0 Å². The molecule has 1 rings (SSSR count). The number of nitrogens with two attached hydrogens (primary N) is 1. The lowest BCUT2D eigenvalue weighted by Gasteiger charge is -2.12. The lowest BCUT2D eigenvalue weighted by atomic mass is 9.88. The molecule has 0 spiro atoms. The maximum atomic E-state index is 11.4. The molecule has 0 radical (unpaired) electrons. The van der Waals surface area contributed by atoms with Crippen LogP contribution in [0.5, 0.6) is 0 Å². The Bertz CT molecular complexity index is 208. The molecule has 0 amide bonds. The number of hydrogen-bond donors (Lipinski definition) is 1. The first-order chi connectivity index (χ1) is 5.00. The van der Waals surface area contributed by atoms with Crippen molar-refractivity contribution in [1.82, 2.24) is 0 Å². The van der Waals surface area contributed by atoms with Gasteiger partial charge in [-0.15, -0.1) is 0 Å². The zero-order valence-corrected chi connectivity index (χ0v) is 6.89. The SMILES string of the molecule is CC1(C)C(=O)CC(CN)C1=O. The first-order valence-corrected chi connectivity index (χ1v) is 3.78. The Hall–Kier alpha value is -0.700. The highest BCUT2D eigenvalue weighted by molar-refractivity contribution is 6.13. The van der Waals surface area contributed by atoms with Crippen molar-refractivity contribution >= 4 is 11.6 Å². The van der Waals surface area contributed by atoms with Gasteiger partial charge >= 0.3 is 0 Å². The average Bonchev–Trinajstić information content (AvgIpc) is 2.14. The third-order valence-electron chi connectivity index (χ3n) is 2.40. The summed E-state index contributed by atoms with van der Waals surface area (Å²) >= 11 is 0. The zero-order valence-electron chi connectivity index (χ0n) is 6.89. The molecule has 1 aliphatic rings. The van der Waals surface area contributed by atoms with Crippen molar-refractivity contribution in [2.45, 2.75) is 20.3 Å². The first kappa shape index (κ1) is 8.40. The van der Waals surface area contributed by atoms with E-state index in [-0.39, 0.29) is 17.5 Å². The summed E-state index contributed by atoms with van der Waals surface area (Å²) in [6.45, 7) is 3.65. The van der Waals surface area contributed by atoms with Crippen molar-refractivity contribution < 1.29 is 9.59 Å². The minimum Gasteiger partial charge on any atom is -0.330 e. The maximum Gasteiger partial charge on any atom is 0.150 e. The number of Topliss-reactive ketones (excluding diaryl/α,β-unsaturated/α-hetero) is 2. The van der Waals surface area contributed by atoms with Crippen LogP contribution in [0.2, 0.25) is 0 Å². The molecule has 2 N–H and O–H groups in total. The summed E-state index contributed by atoms with van der Waals surface area (Å²) in [4.78, 5) is 22.6. The van der Waals surface area contributed by atoms with Crippen LogP contribution in [0.15, 0.2) is 0 Å². The highest BCUT2D eigenvalue weighted by Gasteiger charge is 2.46. The Morgan fingerprint density at radius 2 is 2.09 bits per heavy atom. The molecule has 62 valence electrons. The molecule has 0 heterocycles. The van der Waals surface area contributed by atoms with Crippen LogP contribution in [-0.2, 0) is 9.59 Å². The fraction of sp³-hybridized carbons (Fsp3) is 0.750. The lowest BCUT2D eigenvalue weighted by molar-refractivity contribution is -0.133. The van der Waals surface area contributed by atoms with Gasteiger partial charge in [0.2, 0.25) is 0 Å². The van der Waals surface area contributed by atoms with Gasteiger partial charge in [-0.3, -0.25) is 9.59 Å². The van der Waals surface area contributed by atoms with Crippen molar-refractivity contribution in [3.05, 3.63) is 0 Å². The molecule has 0 aromatic carbocycles. The van der Waals surface area contributed by atoms with Gasteiger partial charge in [-0.1, -0.05) is 0 Å². The van der Waals surface area contributed by atoms with Crippen molar-refractivity contribution in [3.63, 3.8) is 0 Å². The van der Waals surface area contributed by atoms with Crippen LogP contribution in [0.4, 0.5) is 0 Å². The van der Waals surface area contributed by atoms with E-state index in [4.69, 9.17) is 5.73 Å². The highest BCUT2D eigenvalue weighted by atomic mass is 16.2. The highest BCUT2D eigenvalue weighted by Crippen LogP contribution is 2.33. The summed E-state index contributed by atoms with van der Waals surface area (Å²) in [5.74, 6) is -0.194. The molecule has 1 saturated carbocycles. The molecular weight excluding hydrogens is 142 g/mol. The van der Waals surface area contributed by atoms with Gasteiger partial charge in [0.15, 0.2) is 5.78 Å². The standard InChI is InChI=1S/C8H13NO2/c1-8(2)6(10)3-5(4-9)7(8)11/h5H,3-4,9H2,1-2H3. The molecule has 0 aromatic rings. The third kappa shape index (κ3) is 1.09. The van der Waals surface area contributed by atoms with Crippen LogP contribution in [0.25, 0.3) is 0 Å². The van der Waals surface area contributed by atoms with Crippen LogP contribution in [0.3, 0.4) is 0 Å². The average molecular weight is 155 g/mol. The van der Waals surface area contributed by atoms with Crippen LogP contribution in [0, 0.1) is 11.3 Å². The third-order valence-corrected chi connectivity index (χ3v) is 2.40. The number of carbonyl (C=O) groups excluding carboxylic acids is 2. The van der Waals surface area contributed by atoms with E-state index in [0.717, 1.165) is 0 Å². The van der Waals surface area contributed by atoms with E-state index < -0.39 is 5.41 Å². The van der Waals surface area contributed by atoms with Crippen molar-refractivity contribution in [2.24, 2.45) is 17.1 Å². The van der Waals surface area contributed by atoms with E-state index in [1.54, 1.807) is 13.8 Å². The summed E-state index contributed by atoms with van der Waals surface area (Å²) in [7, 11) is 0. The van der Waals surface area contributed by atoms with Gasteiger partial charge < -0.3 is 5.73 Å². The molecule has 0 bridgehead atoms. The first-order valence-electron chi connectivity index (χ1n) is 3.78. The van der Waals surface area contributed by atoms with Gasteiger partial charge in [0.05, 0.1) is 5.41 Å². The lowest BCUT2D eigenvalue weighted by Crippen LogP contribution is -2.29. The molecule has 1 fully saturated rings. The maximum absolute atomic E-state index is 11.4. The van der Waals surface area contributed by atoms with Crippen molar-refractivity contribution in [1.29, 1.82) is 0 Å². The molecule has 0 saturated heterocycles. The van der Waals surface area contributed by atoms with Crippen LogP contribution in [0.1, 0.15) is 20.3 Å². The van der Waals surface area contributed by atoms with Crippen molar-refractivity contribution in [2.75, 3.05) is 6.54 Å². The fourth-order valence-electron chi connectivity index (χ4n) is 1.41. The fourth-order valence-corrected chi connectivity index (χ4v) is 1.41. The van der Waals surface area contributed by atoms with Gasteiger partial charge in [0.1, 0.15) is 5.78 Å². The summed E-state index contributed by atoms with van der Waals surface area (Å²) in [6, 6.07) is 0. The second-order valence-corrected chi connectivity index (χ2v) is 3.55. The number of hydrogen-bond acceptors (Lipinski definition) is 3. The Morgan fingerprint density at radius 1 is 1.55 bits per heavy atom. The summed E-state index contributed by atoms with van der Waals surface area (Å²) < 4.78 is 0. The largest absolute Gasteiger partial charge is 0.330 e. The second kappa shape index (κ2) is 2.41. The van der Waals surface area contributed by atoms with Gasteiger partial charge in [-0.05, 0) is 13.8 Å². The Morgan fingerprint density at radius 3 is 2.27 bits per heavy atom. The monoisotopic (exact) mass is 155 g/mol. The van der Waals surface area contributed by atoms with Crippen molar-refractivity contribution in [3.8, 4) is 0 Å². The molecule has 0 aromatic heterocycles. The molecule has 0 aliphatic heterocycles. The minimum atomic E-state index is -0.774. The van der Waals surface area contributed by atoms with E-state index in [9.17, 15) is 9.59 Å². The van der Waals surface area contributed by atoms with Gasteiger partial charge in [-0.25, -0.2) is 0 Å². The van der Waals surface area contributed by atoms with Crippen LogP contribution >= 0.6 is 0 Å². The summed E-state index contributed by atoms with van der Waals surface area (Å²) in [5.41, 5.74) is 4.56. The van der Waals surface area contributed by atoms with Gasteiger partial charge in [0, 0.05) is 18.9 Å². The molecule has 1 unspecified atom stereocenters. The Balaban J connectivity index is 2.89. The van der Waals surface area contributed by atoms with E-state index in [0.29, 0.717) is 13.0 Å². The molecule has 3 nitrogen and oxygen atoms in total. The molecular formula is C8H13NO2. The number of rotatable bonds is 1. The Kier molecular flexibility index (Phi) is 1.84. The van der Waals surface area contributed by atoms with Gasteiger partial charge in [0.25, 0.3) is 0 Å². The molecule has 1 aliphatic carbocycles. The predicted octanol–water partition coefficient (Wildman–Crippen LogP) is 0.129. The molecule has 3 heteroatoms. The zero-order chi connectivity index (χ0) is 8.65. The smallest absolute Gasteiger partial charge is 0.150 e. The predicted molar refractivity (Wildman–Crippen MR) is 41.0 cm³/mol. The van der Waals surface area contributed by atoms with E-state index >= 15 is 0 Å². The van der Waals surface area contributed by atoms with E-state index in [2.05, 4.69) is 0 Å². The summed E-state index contributed by atoms with van der Waals surface area (Å²) in [5, 5.41) is 0. The Labute approximate surface area is 66.0 Å². The second-order valence-electron chi connectivity index (χ2n) is 3.55. The minimum absolute atomic E-state index is 0.00463. The molecule has 1 atom stereocenters. The van der Waals surface area contributed by atoms with E-state index in [1.165, 1.54) is 0 Å². The number of ketones is 2. The number of carbonyl (C=O) groups is 2.